The van der Waals surface area contributed by atoms with Crippen molar-refractivity contribution in [2.45, 2.75) is 9.74 Å². The van der Waals surface area contributed by atoms with Gasteiger partial charge in [-0.15, -0.1) is 0 Å². The predicted octanol–water partition coefficient (Wildman–Crippen LogP) is 0.513. The van der Waals surface area contributed by atoms with Crippen LogP contribution in [0, 0.1) is 0 Å². The van der Waals surface area contributed by atoms with E-state index in [1.165, 1.54) is 0 Å². The average Bonchev–Trinajstić information content (AvgIpc) is 1.38. The van der Waals surface area contributed by atoms with Crippen molar-refractivity contribution in [1.82, 2.24) is 0 Å². The predicted molar refractivity (Wildman–Crippen MR) is 24.2 cm³/mol. The first-order chi connectivity index (χ1) is 2.27. The van der Waals surface area contributed by atoms with Gasteiger partial charge in [-0.05, 0) is 0 Å². The molecule has 0 unspecified atom stereocenters. The molecule has 30 valence electrons. The zero-order valence-electron chi connectivity index (χ0n) is 3.43. The number of rotatable bonds is 1. The molecule has 0 atom stereocenters. The number of hydrogen-bond donors (Lipinski definition) is 0. The summed E-state index contributed by atoms with van der Waals surface area (Å²) in [5, 5.41) is 0. The van der Waals surface area contributed by atoms with Crippen molar-refractivity contribution >= 4 is 24.4 Å². The van der Waals surface area contributed by atoms with Crippen molar-refractivity contribution in [2.75, 3.05) is 0 Å². The molecule has 0 saturated heterocycles. The summed E-state index contributed by atoms with van der Waals surface area (Å²) in [5.74, 6) is 0. The van der Waals surface area contributed by atoms with E-state index in [9.17, 15) is 4.79 Å². The fraction of sp³-hybridized carbons (Fsp3) is 0.667. The number of carbonyl (C=O) groups excluding carboxylic acids is 1. The summed E-state index contributed by atoms with van der Waals surface area (Å²) in [6, 6.07) is 0. The normalized spacial score (nSPS) is 8.60. The molecule has 0 aromatic heterocycles. The Morgan fingerprint density at radius 1 is 1.60 bits per heavy atom. The Morgan fingerprint density at radius 3 is 1.80 bits per heavy atom. The summed E-state index contributed by atoms with van der Waals surface area (Å²) >= 11 is -1.16. The van der Waals surface area contributed by atoms with Gasteiger partial charge in [0.1, 0.15) is 0 Å². The van der Waals surface area contributed by atoms with Crippen molar-refractivity contribution in [3.8, 4) is 0 Å². The molecule has 0 aromatic carbocycles. The molecule has 0 aliphatic carbocycles. The van der Waals surface area contributed by atoms with Crippen LogP contribution in [0.15, 0.2) is 0 Å². The van der Waals surface area contributed by atoms with Crippen LogP contribution >= 0.6 is 0 Å². The molecule has 0 saturated carbocycles. The Balaban J connectivity index is 2.83. The van der Waals surface area contributed by atoms with Gasteiger partial charge in [-0.2, -0.15) is 0 Å². The van der Waals surface area contributed by atoms with Crippen LogP contribution in [0.3, 0.4) is 0 Å². The average molecular weight is 181 g/mol. The Morgan fingerprint density at radius 2 is 1.80 bits per heavy atom. The molecule has 1 nitrogen and oxygen atoms in total. The maximum absolute atomic E-state index is 9.59. The van der Waals surface area contributed by atoms with Crippen LogP contribution in [-0.2, 0) is 4.79 Å². The van der Waals surface area contributed by atoms with Gasteiger partial charge in [-0.25, -0.2) is 0 Å². The molecule has 0 radical (unpaired) electrons. The maximum atomic E-state index is 9.59. The first kappa shape index (κ1) is 5.49. The summed E-state index contributed by atoms with van der Waals surface area (Å²) in [7, 11) is 0. The summed E-state index contributed by atoms with van der Waals surface area (Å²) < 4.78 is 1.10. The van der Waals surface area contributed by atoms with E-state index in [1.54, 1.807) is 0 Å². The zero-order chi connectivity index (χ0) is 4.28. The molecular weight excluding hydrogens is 174 g/mol. The molecule has 0 spiro atoms. The van der Waals surface area contributed by atoms with E-state index < -0.39 is 20.2 Å². The molecule has 0 aliphatic rings. The SMILES string of the molecule is [CH3][Sb]([CH3])[CH]=O. The minimum absolute atomic E-state index is 1.10. The van der Waals surface area contributed by atoms with Crippen LogP contribution in [0.25, 0.3) is 0 Å². The van der Waals surface area contributed by atoms with Crippen LogP contribution in [0.4, 0.5) is 0 Å². The fourth-order valence-electron chi connectivity index (χ4n) is 0. The summed E-state index contributed by atoms with van der Waals surface area (Å²) in [4.78, 5) is 13.7. The summed E-state index contributed by atoms with van der Waals surface area (Å²) in [6.45, 7) is 0. The van der Waals surface area contributed by atoms with Crippen molar-refractivity contribution in [3.05, 3.63) is 0 Å². The molecule has 0 heterocycles. The standard InChI is InChI=1S/CHO.2CH3.Sb/c1-2;;;/h1H;2*1H3;. The molecule has 0 N–H and O–H groups in total. The third kappa shape index (κ3) is 4.49. The van der Waals surface area contributed by atoms with Crippen LogP contribution in [0.2, 0.25) is 9.74 Å². The quantitative estimate of drug-likeness (QED) is 0.425. The molecule has 0 rings (SSSR count). The van der Waals surface area contributed by atoms with Crippen molar-refractivity contribution in [2.24, 2.45) is 0 Å². The van der Waals surface area contributed by atoms with Gasteiger partial charge in [0, 0.05) is 0 Å². The summed E-state index contributed by atoms with van der Waals surface area (Å²) in [5.41, 5.74) is 0. The van der Waals surface area contributed by atoms with Gasteiger partial charge in [0.05, 0.1) is 0 Å². The van der Waals surface area contributed by atoms with Gasteiger partial charge in [-0.3, -0.25) is 0 Å². The van der Waals surface area contributed by atoms with Gasteiger partial charge in [0.2, 0.25) is 0 Å². The molecule has 5 heavy (non-hydrogen) atoms. The van der Waals surface area contributed by atoms with E-state index in [2.05, 4.69) is 0 Å². The molecule has 0 aromatic rings. The van der Waals surface area contributed by atoms with Crippen molar-refractivity contribution < 1.29 is 4.79 Å². The second-order valence-electron chi connectivity index (χ2n) is 1.07. The van der Waals surface area contributed by atoms with Crippen LogP contribution < -0.4 is 0 Å². The molecule has 0 fully saturated rings. The summed E-state index contributed by atoms with van der Waals surface area (Å²) in [6.07, 6.45) is 0. The van der Waals surface area contributed by atoms with Gasteiger partial charge in [0.25, 0.3) is 0 Å². The molecule has 0 bridgehead atoms. The van der Waals surface area contributed by atoms with Gasteiger partial charge in [-0.1, -0.05) is 0 Å². The van der Waals surface area contributed by atoms with Gasteiger partial charge >= 0.3 is 39.0 Å². The molecule has 0 aliphatic heterocycles. The third-order valence-corrected chi connectivity index (χ3v) is 1.41. The first-order valence-corrected chi connectivity index (χ1v) is 7.97. The Labute approximate surface area is 39.3 Å². The zero-order valence-corrected chi connectivity index (χ0v) is 5.99. The topological polar surface area (TPSA) is 17.1 Å². The minimum atomic E-state index is -1.16. The Bertz CT molecular complexity index is 33.9. The van der Waals surface area contributed by atoms with Crippen molar-refractivity contribution in [3.63, 3.8) is 0 Å². The molecular formula is C3H7OSb. The second kappa shape index (κ2) is 2.71. The van der Waals surface area contributed by atoms with Crippen molar-refractivity contribution in [1.29, 1.82) is 0 Å². The Kier molecular flexibility index (Phi) is 2.98. The van der Waals surface area contributed by atoms with Gasteiger partial charge in [0.15, 0.2) is 0 Å². The third-order valence-electron chi connectivity index (χ3n) is 0.211. The molecule has 2 heteroatoms. The van der Waals surface area contributed by atoms with Crippen LogP contribution in [0.1, 0.15) is 0 Å². The monoisotopic (exact) mass is 180 g/mol. The van der Waals surface area contributed by atoms with Gasteiger partial charge < -0.3 is 0 Å². The molecule has 0 amide bonds. The van der Waals surface area contributed by atoms with E-state index in [0.717, 1.165) is 4.23 Å². The number of carbonyl (C=O) groups is 1. The van der Waals surface area contributed by atoms with Crippen LogP contribution in [0.5, 0.6) is 0 Å². The first-order valence-electron chi connectivity index (χ1n) is 1.39. The number of hydrogen-bond acceptors (Lipinski definition) is 1. The Hall–Kier alpha value is 0.488. The van der Waals surface area contributed by atoms with E-state index in [0.29, 0.717) is 0 Å². The van der Waals surface area contributed by atoms with Crippen LogP contribution in [-0.4, -0.2) is 24.4 Å². The second-order valence-corrected chi connectivity index (χ2v) is 7.17. The van der Waals surface area contributed by atoms with E-state index >= 15 is 0 Å². The van der Waals surface area contributed by atoms with E-state index in [-0.39, 0.29) is 0 Å². The van der Waals surface area contributed by atoms with E-state index in [4.69, 9.17) is 0 Å². The van der Waals surface area contributed by atoms with E-state index in [1.807, 2.05) is 9.74 Å². The fourth-order valence-corrected chi connectivity index (χ4v) is 0.